The van der Waals surface area contributed by atoms with Crippen LogP contribution < -0.4 is 0 Å². The van der Waals surface area contributed by atoms with Crippen molar-refractivity contribution in [2.45, 2.75) is 45.2 Å². The fraction of sp³-hybridized carbons (Fsp3) is 0.421. The summed E-state index contributed by atoms with van der Waals surface area (Å²) in [4.78, 5) is 16.9. The Morgan fingerprint density at radius 1 is 1.00 bits per heavy atom. The third kappa shape index (κ3) is 10.5. The van der Waals surface area contributed by atoms with Crippen molar-refractivity contribution >= 4 is 28.8 Å². The molecule has 2 aromatic heterocycles. The second kappa shape index (κ2) is 17.8. The summed E-state index contributed by atoms with van der Waals surface area (Å²) in [6, 6.07) is 12.3. The van der Waals surface area contributed by atoms with Crippen LogP contribution in [0.3, 0.4) is 0 Å². The molecule has 0 aliphatic heterocycles. The number of pyridine rings is 2. The van der Waals surface area contributed by atoms with E-state index in [-0.39, 0.29) is 0 Å². The van der Waals surface area contributed by atoms with Crippen molar-refractivity contribution in [3.05, 3.63) is 48.3 Å². The van der Waals surface area contributed by atoms with E-state index in [1.807, 2.05) is 30.5 Å². The molecule has 0 unspecified atom stereocenters. The molecular formula is C19H29BrMnN2O2P+. The Morgan fingerprint density at radius 2 is 1.54 bits per heavy atom. The molecule has 0 amide bonds. The molecule has 0 bridgehead atoms. The second-order valence-corrected chi connectivity index (χ2v) is 9.60. The predicted molar refractivity (Wildman–Crippen MR) is 114 cm³/mol. The third-order valence-electron chi connectivity index (χ3n) is 3.60. The van der Waals surface area contributed by atoms with Gasteiger partial charge in [-0.3, -0.25) is 11.8 Å². The molecule has 26 heavy (non-hydrogen) atoms. The van der Waals surface area contributed by atoms with Gasteiger partial charge < -0.3 is 9.90 Å². The standard InChI is InChI=1S/C17H23N2P.CH4O.CHO.BrH.Mn/c1-13(2)20(14(3)4)12-15-8-7-10-17(19-15)16-9-5-6-11-18-16;2*1-2;;/h5-11,13-14H,12H2,1-4H3;2H,1H3;1H;1H;/q;;-1;;+2. The van der Waals surface area contributed by atoms with E-state index in [9.17, 15) is 0 Å². The molecule has 1 N–H and O–H groups in total. The molecule has 2 rings (SSSR count). The van der Waals surface area contributed by atoms with Gasteiger partial charge in [0.2, 0.25) is 0 Å². The Kier molecular flexibility index (Phi) is 18.8. The number of aromatic nitrogens is 2. The van der Waals surface area contributed by atoms with E-state index >= 15 is 0 Å². The monoisotopic (exact) mass is 482 g/mol. The van der Waals surface area contributed by atoms with Crippen LogP contribution in [0.1, 0.15) is 33.4 Å². The molecule has 2 heterocycles. The van der Waals surface area contributed by atoms with Gasteiger partial charge in [0.05, 0.1) is 34.6 Å². The average molecular weight is 483 g/mol. The zero-order valence-electron chi connectivity index (χ0n) is 16.0. The molecule has 0 aliphatic carbocycles. The van der Waals surface area contributed by atoms with Crippen molar-refractivity contribution in [2.75, 3.05) is 7.11 Å². The molecule has 7 heteroatoms. The first kappa shape index (κ1) is 27.6. The molecule has 0 saturated heterocycles. The first-order valence-electron chi connectivity index (χ1n) is 8.13. The Labute approximate surface area is 174 Å². The van der Waals surface area contributed by atoms with E-state index in [2.05, 4.69) is 79.9 Å². The van der Waals surface area contributed by atoms with Gasteiger partial charge in [0.1, 0.15) is 0 Å². The van der Waals surface area contributed by atoms with Crippen LogP contribution in [0.4, 0.5) is 0 Å². The molecule has 145 valence electrons. The van der Waals surface area contributed by atoms with E-state index in [4.69, 9.17) is 14.9 Å². The van der Waals surface area contributed by atoms with E-state index < -0.39 is 7.92 Å². The van der Waals surface area contributed by atoms with Crippen LogP contribution in [-0.2, 0) is 25.2 Å². The van der Waals surface area contributed by atoms with Crippen LogP contribution in [-0.4, -0.2) is 40.3 Å². The summed E-state index contributed by atoms with van der Waals surface area (Å²) < 4.78 is 0. The van der Waals surface area contributed by atoms with Crippen LogP contribution in [0.25, 0.3) is 11.4 Å². The number of halogens is 1. The molecule has 2 aromatic rings. The summed E-state index contributed by atoms with van der Waals surface area (Å²) >= 11 is 5.50. The zero-order chi connectivity index (χ0) is 20.5. The molecule has 4 nitrogen and oxygen atoms in total. The van der Waals surface area contributed by atoms with Crippen molar-refractivity contribution in [2.24, 2.45) is 0 Å². The summed E-state index contributed by atoms with van der Waals surface area (Å²) in [5.74, 6) is 0. The number of rotatable bonds is 5. The summed E-state index contributed by atoms with van der Waals surface area (Å²) in [6.45, 7) is 12.6. The van der Waals surface area contributed by atoms with Crippen LogP contribution >= 0.6 is 22.0 Å². The fourth-order valence-corrected chi connectivity index (χ4v) is 5.28. The third-order valence-corrected chi connectivity index (χ3v) is 7.34. The van der Waals surface area contributed by atoms with Gasteiger partial charge in [-0.1, -0.05) is 12.1 Å². The molecule has 0 spiro atoms. The van der Waals surface area contributed by atoms with Gasteiger partial charge in [-0.05, 0) is 52.0 Å². The zero-order valence-corrected chi connectivity index (χ0v) is 19.8. The van der Waals surface area contributed by atoms with Crippen molar-refractivity contribution < 1.29 is 24.1 Å². The average Bonchev–Trinajstić information content (AvgIpc) is 2.71. The number of hydrogen-bond acceptors (Lipinski definition) is 4. The Balaban J connectivity index is 0. The summed E-state index contributed by atoms with van der Waals surface area (Å²) in [5, 5.41) is 7.00. The second-order valence-electron chi connectivity index (χ2n) is 5.79. The number of carbonyl (C=O) groups excluding carboxylic acids is 1. The van der Waals surface area contributed by atoms with Gasteiger partial charge in [-0.25, -0.2) is 4.98 Å². The number of nitrogens with zero attached hydrogens (tertiary/aromatic N) is 2. The molecule has 0 radical (unpaired) electrons. The minimum absolute atomic E-state index is 0.412. The first-order chi connectivity index (χ1) is 12.6. The number of aliphatic hydroxyl groups excluding tert-OH is 1. The van der Waals surface area contributed by atoms with Crippen LogP contribution in [0, 0.1) is 0 Å². The summed E-state index contributed by atoms with van der Waals surface area (Å²) in [6.07, 6.45) is 2.96. The maximum absolute atomic E-state index is 7.75. The molecule has 0 atom stereocenters. The SMILES string of the molecule is CC(C)[PH+](Cc1cccc(-c2ccccn2)n1)C(C)C.CO.[CH-]=O.[Mn+][Br]. The molecule has 0 aromatic carbocycles. The van der Waals surface area contributed by atoms with Gasteiger partial charge in [0.15, 0.2) is 0 Å². The minimum atomic E-state index is -0.412. The first-order valence-corrected chi connectivity index (χ1v) is 12.9. The van der Waals surface area contributed by atoms with Crippen molar-refractivity contribution in [3.63, 3.8) is 0 Å². The van der Waals surface area contributed by atoms with E-state index in [0.29, 0.717) is 0 Å². The van der Waals surface area contributed by atoms with Gasteiger partial charge in [0.25, 0.3) is 0 Å². The number of hydrogen-bond donors (Lipinski definition) is 1. The Hall–Kier alpha value is -0.641. The molecular weight excluding hydrogens is 454 g/mol. The van der Waals surface area contributed by atoms with E-state index in [1.54, 1.807) is 0 Å². The fourth-order valence-electron chi connectivity index (χ4n) is 2.52. The Morgan fingerprint density at radius 3 is 2.00 bits per heavy atom. The summed E-state index contributed by atoms with van der Waals surface area (Å²) in [7, 11) is 0.588. The quantitative estimate of drug-likeness (QED) is 0.286. The van der Waals surface area contributed by atoms with Crippen molar-refractivity contribution in [3.8, 4) is 11.4 Å². The van der Waals surface area contributed by atoms with Crippen LogP contribution in [0.2, 0.25) is 0 Å². The molecule has 0 aliphatic rings. The van der Waals surface area contributed by atoms with Gasteiger partial charge in [-0.2, -0.15) is 0 Å². The Bertz CT molecular complexity index is 566. The van der Waals surface area contributed by atoms with E-state index in [1.165, 1.54) is 5.69 Å². The van der Waals surface area contributed by atoms with Crippen molar-refractivity contribution in [1.29, 1.82) is 0 Å². The molecule has 0 fully saturated rings. The molecule has 0 saturated carbocycles. The van der Waals surface area contributed by atoms with Crippen molar-refractivity contribution in [1.82, 2.24) is 9.97 Å². The van der Waals surface area contributed by atoms with Crippen LogP contribution in [0.15, 0.2) is 42.6 Å². The van der Waals surface area contributed by atoms with Crippen LogP contribution in [0.5, 0.6) is 0 Å². The van der Waals surface area contributed by atoms with E-state index in [0.717, 1.165) is 36.0 Å². The normalized spacial score (nSPS) is 9.46. The van der Waals surface area contributed by atoms with Gasteiger partial charge in [-0.15, -0.1) is 0 Å². The predicted octanol–water partition coefficient (Wildman–Crippen LogP) is 4.85. The van der Waals surface area contributed by atoms with Gasteiger partial charge in [0, 0.05) is 21.2 Å². The van der Waals surface area contributed by atoms with Gasteiger partial charge >= 0.3 is 28.3 Å². The number of aliphatic hydroxyl groups is 1. The topological polar surface area (TPSA) is 63.1 Å². The summed E-state index contributed by atoms with van der Waals surface area (Å²) in [5.41, 5.74) is 4.71. The maximum atomic E-state index is 7.75.